The van der Waals surface area contributed by atoms with Crippen LogP contribution in [0.25, 0.3) is 10.9 Å². The summed E-state index contributed by atoms with van der Waals surface area (Å²) in [6.45, 7) is 2.60. The van der Waals surface area contributed by atoms with Crippen molar-refractivity contribution in [2.45, 2.75) is 13.5 Å². The Labute approximate surface area is 117 Å². The van der Waals surface area contributed by atoms with Crippen LogP contribution in [0, 0.1) is 12.7 Å². The number of rotatable bonds is 3. The number of halogens is 1. The summed E-state index contributed by atoms with van der Waals surface area (Å²) in [6, 6.07) is 14.9. The topological polar surface area (TPSA) is 24.9 Å². The number of benzene rings is 2. The van der Waals surface area contributed by atoms with Gasteiger partial charge in [-0.05, 0) is 54.4 Å². The standard InChI is InChI=1S/C17H15FN2/c1-12-9-15(18)5-4-14(12)11-20-16-6-7-17-13(10-16)3-2-8-19-17/h2-10,20H,11H2,1H3. The van der Waals surface area contributed by atoms with Crippen LogP contribution in [-0.2, 0) is 6.54 Å². The van der Waals surface area contributed by atoms with E-state index in [2.05, 4.69) is 16.4 Å². The molecule has 0 aliphatic rings. The molecule has 1 N–H and O–H groups in total. The fourth-order valence-electron chi connectivity index (χ4n) is 2.24. The number of fused-ring (bicyclic) bond motifs is 1. The first-order valence-electron chi connectivity index (χ1n) is 6.56. The van der Waals surface area contributed by atoms with Crippen molar-refractivity contribution in [1.82, 2.24) is 4.98 Å². The molecule has 0 fully saturated rings. The zero-order valence-corrected chi connectivity index (χ0v) is 11.2. The smallest absolute Gasteiger partial charge is 0.123 e. The Bertz CT molecular complexity index is 753. The van der Waals surface area contributed by atoms with Crippen molar-refractivity contribution in [3.05, 3.63) is 71.7 Å². The normalized spacial score (nSPS) is 10.7. The summed E-state index contributed by atoms with van der Waals surface area (Å²) in [5.74, 6) is -0.192. The average molecular weight is 266 g/mol. The minimum absolute atomic E-state index is 0.192. The molecule has 0 aliphatic heterocycles. The van der Waals surface area contributed by atoms with E-state index in [1.165, 1.54) is 6.07 Å². The van der Waals surface area contributed by atoms with Crippen LogP contribution in [0.4, 0.5) is 10.1 Å². The molecule has 3 rings (SSSR count). The molecule has 100 valence electrons. The van der Waals surface area contributed by atoms with Crippen LogP contribution in [0.5, 0.6) is 0 Å². The van der Waals surface area contributed by atoms with E-state index in [-0.39, 0.29) is 5.82 Å². The third-order valence-electron chi connectivity index (χ3n) is 3.39. The molecule has 0 radical (unpaired) electrons. The van der Waals surface area contributed by atoms with E-state index >= 15 is 0 Å². The number of aromatic nitrogens is 1. The number of nitrogens with zero attached hydrogens (tertiary/aromatic N) is 1. The van der Waals surface area contributed by atoms with Gasteiger partial charge in [-0.3, -0.25) is 4.98 Å². The van der Waals surface area contributed by atoms with E-state index in [0.29, 0.717) is 6.54 Å². The molecule has 0 saturated heterocycles. The van der Waals surface area contributed by atoms with Gasteiger partial charge in [-0.2, -0.15) is 0 Å². The van der Waals surface area contributed by atoms with E-state index in [1.807, 2.05) is 37.3 Å². The van der Waals surface area contributed by atoms with Crippen LogP contribution in [-0.4, -0.2) is 4.98 Å². The van der Waals surface area contributed by atoms with Crippen molar-refractivity contribution >= 4 is 16.6 Å². The Morgan fingerprint density at radius 3 is 2.85 bits per heavy atom. The van der Waals surface area contributed by atoms with Gasteiger partial charge in [0, 0.05) is 23.8 Å². The van der Waals surface area contributed by atoms with E-state index in [9.17, 15) is 4.39 Å². The first-order valence-corrected chi connectivity index (χ1v) is 6.56. The molecule has 0 bridgehead atoms. The van der Waals surface area contributed by atoms with Gasteiger partial charge in [0.1, 0.15) is 5.82 Å². The van der Waals surface area contributed by atoms with Crippen molar-refractivity contribution in [3.63, 3.8) is 0 Å². The molecule has 0 amide bonds. The molecule has 0 aliphatic carbocycles. The fourth-order valence-corrected chi connectivity index (χ4v) is 2.24. The Hall–Kier alpha value is -2.42. The predicted molar refractivity (Wildman–Crippen MR) is 80.2 cm³/mol. The second-order valence-electron chi connectivity index (χ2n) is 4.84. The van der Waals surface area contributed by atoms with Gasteiger partial charge in [-0.1, -0.05) is 12.1 Å². The zero-order valence-electron chi connectivity index (χ0n) is 11.2. The lowest BCUT2D eigenvalue weighted by Gasteiger charge is -2.10. The lowest BCUT2D eigenvalue weighted by molar-refractivity contribution is 0.625. The lowest BCUT2D eigenvalue weighted by Crippen LogP contribution is -2.01. The highest BCUT2D eigenvalue weighted by Gasteiger charge is 2.01. The summed E-state index contributed by atoms with van der Waals surface area (Å²) in [5.41, 5.74) is 4.07. The van der Waals surface area contributed by atoms with Gasteiger partial charge in [-0.15, -0.1) is 0 Å². The summed E-state index contributed by atoms with van der Waals surface area (Å²) in [5, 5.41) is 4.47. The molecule has 3 heteroatoms. The molecule has 2 aromatic carbocycles. The Balaban J connectivity index is 1.79. The Morgan fingerprint density at radius 1 is 1.10 bits per heavy atom. The van der Waals surface area contributed by atoms with E-state index < -0.39 is 0 Å². The van der Waals surface area contributed by atoms with E-state index in [1.54, 1.807) is 12.3 Å². The summed E-state index contributed by atoms with van der Waals surface area (Å²) in [4.78, 5) is 4.29. The maximum absolute atomic E-state index is 13.1. The SMILES string of the molecule is Cc1cc(F)ccc1CNc1ccc2ncccc2c1. The van der Waals surface area contributed by atoms with Crippen LogP contribution in [0.15, 0.2) is 54.7 Å². The maximum Gasteiger partial charge on any atom is 0.123 e. The number of hydrogen-bond acceptors (Lipinski definition) is 2. The number of anilines is 1. The molecule has 1 heterocycles. The minimum atomic E-state index is -0.192. The quantitative estimate of drug-likeness (QED) is 0.764. The van der Waals surface area contributed by atoms with Crippen LogP contribution >= 0.6 is 0 Å². The molecule has 0 atom stereocenters. The van der Waals surface area contributed by atoms with Crippen LogP contribution < -0.4 is 5.32 Å². The van der Waals surface area contributed by atoms with Gasteiger partial charge in [-0.25, -0.2) is 4.39 Å². The summed E-state index contributed by atoms with van der Waals surface area (Å²) in [7, 11) is 0. The molecule has 0 spiro atoms. The molecule has 3 aromatic rings. The predicted octanol–water partition coefficient (Wildman–Crippen LogP) is 4.29. The van der Waals surface area contributed by atoms with Crippen molar-refractivity contribution in [1.29, 1.82) is 0 Å². The zero-order chi connectivity index (χ0) is 13.9. The molecule has 1 aromatic heterocycles. The van der Waals surface area contributed by atoms with Crippen molar-refractivity contribution in [2.75, 3.05) is 5.32 Å². The number of nitrogens with one attached hydrogen (secondary N) is 1. The Morgan fingerprint density at radius 2 is 2.00 bits per heavy atom. The van der Waals surface area contributed by atoms with Gasteiger partial charge in [0.2, 0.25) is 0 Å². The van der Waals surface area contributed by atoms with Gasteiger partial charge < -0.3 is 5.32 Å². The third kappa shape index (κ3) is 2.62. The van der Waals surface area contributed by atoms with Crippen molar-refractivity contribution in [3.8, 4) is 0 Å². The minimum Gasteiger partial charge on any atom is -0.381 e. The molecule has 2 nitrogen and oxygen atoms in total. The number of aryl methyl sites for hydroxylation is 1. The van der Waals surface area contributed by atoms with Crippen LogP contribution in [0.3, 0.4) is 0 Å². The van der Waals surface area contributed by atoms with E-state index in [4.69, 9.17) is 0 Å². The van der Waals surface area contributed by atoms with Gasteiger partial charge in [0.05, 0.1) is 5.52 Å². The van der Waals surface area contributed by atoms with Crippen LogP contribution in [0.1, 0.15) is 11.1 Å². The van der Waals surface area contributed by atoms with Gasteiger partial charge in [0.25, 0.3) is 0 Å². The second kappa shape index (κ2) is 5.29. The molecule has 20 heavy (non-hydrogen) atoms. The maximum atomic E-state index is 13.1. The van der Waals surface area contributed by atoms with Gasteiger partial charge in [0.15, 0.2) is 0 Å². The summed E-state index contributed by atoms with van der Waals surface area (Å²) >= 11 is 0. The average Bonchev–Trinajstić information content (AvgIpc) is 2.46. The van der Waals surface area contributed by atoms with Gasteiger partial charge >= 0.3 is 0 Å². The molecular weight excluding hydrogens is 251 g/mol. The third-order valence-corrected chi connectivity index (χ3v) is 3.39. The summed E-state index contributed by atoms with van der Waals surface area (Å²) < 4.78 is 13.1. The fraction of sp³-hybridized carbons (Fsp3) is 0.118. The summed E-state index contributed by atoms with van der Waals surface area (Å²) in [6.07, 6.45) is 1.79. The van der Waals surface area contributed by atoms with Crippen molar-refractivity contribution in [2.24, 2.45) is 0 Å². The first-order chi connectivity index (χ1) is 9.72. The van der Waals surface area contributed by atoms with Crippen LogP contribution in [0.2, 0.25) is 0 Å². The number of hydrogen-bond donors (Lipinski definition) is 1. The first kappa shape index (κ1) is 12.6. The Kier molecular flexibility index (Phi) is 3.33. The molecule has 0 saturated carbocycles. The van der Waals surface area contributed by atoms with Crippen molar-refractivity contribution < 1.29 is 4.39 Å². The highest BCUT2D eigenvalue weighted by Crippen LogP contribution is 2.18. The highest BCUT2D eigenvalue weighted by molar-refractivity contribution is 5.82. The number of pyridine rings is 1. The highest BCUT2D eigenvalue weighted by atomic mass is 19.1. The monoisotopic (exact) mass is 266 g/mol. The lowest BCUT2D eigenvalue weighted by atomic mass is 10.1. The second-order valence-corrected chi connectivity index (χ2v) is 4.84. The largest absolute Gasteiger partial charge is 0.381 e. The molecular formula is C17H15FN2. The van der Waals surface area contributed by atoms with E-state index in [0.717, 1.165) is 27.7 Å². The molecule has 0 unspecified atom stereocenters.